The number of aromatic nitrogens is 2. The van der Waals surface area contributed by atoms with Gasteiger partial charge in [0.05, 0.1) is 11.4 Å². The van der Waals surface area contributed by atoms with Gasteiger partial charge in [-0.15, -0.1) is 5.10 Å². The van der Waals surface area contributed by atoms with Crippen LogP contribution in [0.3, 0.4) is 0 Å². The van der Waals surface area contributed by atoms with E-state index in [2.05, 4.69) is 25.3 Å². The maximum Gasteiger partial charge on any atom is 2.00 e. The number of aryl methyl sites for hydroxylation is 1. The molecule has 135 valence electrons. The molecule has 1 radical (unpaired) electrons. The molecular weight excluding hydrogens is 393 g/mol. The van der Waals surface area contributed by atoms with Crippen LogP contribution in [0.15, 0.2) is 22.3 Å². The Labute approximate surface area is 166 Å². The fourth-order valence-electron chi connectivity index (χ4n) is 3.27. The molecule has 0 aromatic carbocycles. The van der Waals surface area contributed by atoms with Crippen LogP contribution in [0.4, 0.5) is 0 Å². The molecule has 1 aromatic rings. The van der Waals surface area contributed by atoms with Crippen molar-refractivity contribution in [3.8, 4) is 0 Å². The van der Waals surface area contributed by atoms with Crippen LogP contribution in [0.25, 0.3) is 0 Å². The van der Waals surface area contributed by atoms with Crippen molar-refractivity contribution in [2.45, 2.75) is 39.5 Å². The van der Waals surface area contributed by atoms with E-state index in [1.807, 2.05) is 26.0 Å². The average molecular weight is 415 g/mol. The number of rotatable bonds is 2. The Morgan fingerprint density at radius 1 is 1.08 bits per heavy atom. The first-order valence-corrected chi connectivity index (χ1v) is 8.37. The van der Waals surface area contributed by atoms with Crippen molar-refractivity contribution in [1.82, 2.24) is 15.1 Å². The molecule has 0 N–H and O–H groups in total. The predicted octanol–water partition coefficient (Wildman–Crippen LogP) is -0.465. The molecule has 2 saturated heterocycles. The second-order valence-electron chi connectivity index (χ2n) is 6.42. The summed E-state index contributed by atoms with van der Waals surface area (Å²) in [5, 5.41) is 17.3. The zero-order valence-corrected chi connectivity index (χ0v) is 16.4. The summed E-state index contributed by atoms with van der Waals surface area (Å²) < 4.78 is 0. The number of nitrogens with zero attached hydrogens (tertiary/aromatic N) is 5. The monoisotopic (exact) mass is 414 g/mol. The van der Waals surface area contributed by atoms with Crippen molar-refractivity contribution in [2.24, 2.45) is 22.0 Å². The Kier molecular flexibility index (Phi) is 8.57. The van der Waals surface area contributed by atoms with E-state index in [1.165, 1.54) is 25.7 Å². The van der Waals surface area contributed by atoms with Gasteiger partial charge in [-0.3, -0.25) is 0 Å². The van der Waals surface area contributed by atoms with Crippen LogP contribution in [-0.4, -0.2) is 39.1 Å². The number of hydrogen-bond acceptors (Lipinski definition) is 5. The molecule has 3 heterocycles. The third kappa shape index (κ3) is 5.38. The van der Waals surface area contributed by atoms with Crippen molar-refractivity contribution in [1.29, 1.82) is 0 Å². The van der Waals surface area contributed by atoms with E-state index in [1.54, 1.807) is 0 Å². The number of halogens is 1. The van der Waals surface area contributed by atoms with Crippen molar-refractivity contribution < 1.29 is 29.5 Å². The first-order valence-electron chi connectivity index (χ1n) is 7.96. The van der Waals surface area contributed by atoms with Crippen LogP contribution in [0.1, 0.15) is 44.0 Å². The summed E-state index contributed by atoms with van der Waals surface area (Å²) in [4.78, 5) is 2.24. The van der Waals surface area contributed by atoms with E-state index in [-0.39, 0.29) is 29.5 Å². The molecule has 2 aliphatic heterocycles. The second kappa shape index (κ2) is 9.66. The minimum Gasteiger partial charge on any atom is -1.00 e. The minimum atomic E-state index is 0. The van der Waals surface area contributed by atoms with E-state index in [4.69, 9.17) is 12.6 Å². The summed E-state index contributed by atoms with van der Waals surface area (Å²) in [5.41, 5.74) is 2.38. The maximum absolute atomic E-state index is 5.47. The van der Waals surface area contributed by atoms with Crippen molar-refractivity contribution in [3.63, 3.8) is 0 Å². The zero-order valence-electron chi connectivity index (χ0n) is 13.9. The molecule has 4 rings (SSSR count). The van der Waals surface area contributed by atoms with Crippen LogP contribution < -0.4 is 12.4 Å². The molecule has 3 aliphatic rings. The Morgan fingerprint density at radius 2 is 1.67 bits per heavy atom. The van der Waals surface area contributed by atoms with Gasteiger partial charge in [0.15, 0.2) is 0 Å². The van der Waals surface area contributed by atoms with Crippen molar-refractivity contribution in [3.05, 3.63) is 23.5 Å². The maximum atomic E-state index is 5.47. The van der Waals surface area contributed by atoms with Gasteiger partial charge in [-0.2, -0.15) is 15.3 Å². The molecule has 0 unspecified atom stereocenters. The van der Waals surface area contributed by atoms with Gasteiger partial charge in [-0.1, -0.05) is 0 Å². The smallest absolute Gasteiger partial charge is 1.00 e. The molecule has 24 heavy (non-hydrogen) atoms. The fraction of sp³-hybridized carbons (Fsp3) is 0.625. The van der Waals surface area contributed by atoms with Crippen LogP contribution in [-0.2, 0) is 29.7 Å². The van der Waals surface area contributed by atoms with Gasteiger partial charge in [0.1, 0.15) is 5.69 Å². The van der Waals surface area contributed by atoms with E-state index < -0.39 is 0 Å². The normalized spacial score (nSPS) is 24.0. The van der Waals surface area contributed by atoms with Crippen LogP contribution in [0, 0.1) is 18.8 Å². The van der Waals surface area contributed by atoms with E-state index >= 15 is 0 Å². The average Bonchev–Trinajstić information content (AvgIpc) is 2.86. The SMILES string of the molecule is C/C(=N\N=C(/[S-])N1CC2CCC(CC2)C1)c1ccc(C)nn1.[Cl-].[Cu+2]. The Morgan fingerprint density at radius 3 is 2.17 bits per heavy atom. The van der Waals surface area contributed by atoms with Crippen molar-refractivity contribution >= 4 is 23.5 Å². The molecular formula is C16H22ClCuN5S. The summed E-state index contributed by atoms with van der Waals surface area (Å²) in [6.07, 6.45) is 5.35. The van der Waals surface area contributed by atoms with Crippen LogP contribution >= 0.6 is 0 Å². The topological polar surface area (TPSA) is 53.7 Å². The molecule has 8 heteroatoms. The van der Waals surface area contributed by atoms with Gasteiger partial charge < -0.3 is 29.9 Å². The standard InChI is InChI=1S/C16H23N5S.ClH.Cu/c1-11-3-8-15(19-17-11)12(2)18-20-16(22)21-9-13-4-5-14(10-21)7-6-13;;/h3,8,13-14H,4-7,9-10H2,1-2H3,(H,20,22);1H;/q;;+2/p-2/b18-12+;;. The second-order valence-corrected chi connectivity index (χ2v) is 6.78. The first kappa shape index (κ1) is 21.3. The molecule has 2 bridgehead atoms. The van der Waals surface area contributed by atoms with Gasteiger partial charge in [0.25, 0.3) is 0 Å². The van der Waals surface area contributed by atoms with Gasteiger partial charge in [-0.05, 0) is 63.5 Å². The fourth-order valence-corrected chi connectivity index (χ4v) is 3.46. The largest absolute Gasteiger partial charge is 2.00 e. The predicted molar refractivity (Wildman–Crippen MR) is 90.8 cm³/mol. The molecule has 1 aromatic heterocycles. The van der Waals surface area contributed by atoms with E-state index in [9.17, 15) is 0 Å². The van der Waals surface area contributed by atoms with Gasteiger partial charge in [0, 0.05) is 18.3 Å². The van der Waals surface area contributed by atoms with E-state index in [0.29, 0.717) is 5.17 Å². The number of amidine groups is 1. The molecule has 1 saturated carbocycles. The molecule has 5 nitrogen and oxygen atoms in total. The third-order valence-corrected chi connectivity index (χ3v) is 4.99. The number of hydrogen-bond donors (Lipinski definition) is 0. The third-order valence-electron chi connectivity index (χ3n) is 4.65. The molecule has 0 atom stereocenters. The van der Waals surface area contributed by atoms with Gasteiger partial charge in [0.2, 0.25) is 0 Å². The van der Waals surface area contributed by atoms with E-state index in [0.717, 1.165) is 42.0 Å². The van der Waals surface area contributed by atoms with Crippen molar-refractivity contribution in [2.75, 3.05) is 13.1 Å². The number of fused-ring (bicyclic) bond motifs is 4. The summed E-state index contributed by atoms with van der Waals surface area (Å²) in [6, 6.07) is 3.83. The molecule has 0 amide bonds. The Hall–Kier alpha value is -0.751. The molecule has 3 fully saturated rings. The molecule has 1 aliphatic carbocycles. The zero-order chi connectivity index (χ0) is 15.5. The van der Waals surface area contributed by atoms with Gasteiger partial charge >= 0.3 is 17.1 Å². The quantitative estimate of drug-likeness (QED) is 0.216. The Balaban J connectivity index is 0.00000144. The van der Waals surface area contributed by atoms with Gasteiger partial charge in [-0.25, -0.2) is 0 Å². The summed E-state index contributed by atoms with van der Waals surface area (Å²) in [7, 11) is 0. The summed E-state index contributed by atoms with van der Waals surface area (Å²) in [6.45, 7) is 5.88. The van der Waals surface area contributed by atoms with Crippen LogP contribution in [0.2, 0.25) is 0 Å². The summed E-state index contributed by atoms with van der Waals surface area (Å²) >= 11 is 5.47. The van der Waals surface area contributed by atoms with Crippen LogP contribution in [0.5, 0.6) is 0 Å². The minimum absolute atomic E-state index is 0. The summed E-state index contributed by atoms with van der Waals surface area (Å²) in [5.74, 6) is 1.56. The first-order chi connectivity index (χ1) is 10.6. The molecule has 0 spiro atoms. The Bertz CT molecular complexity index is 571.